The minimum absolute atomic E-state index is 0.166. The lowest BCUT2D eigenvalue weighted by atomic mass is 9.79. The number of carboxylic acids is 1. The van der Waals surface area contributed by atoms with Gasteiger partial charge in [0.05, 0.1) is 18.4 Å². The lowest BCUT2D eigenvalue weighted by Crippen LogP contribution is -2.59. The van der Waals surface area contributed by atoms with E-state index in [9.17, 15) is 29.7 Å². The number of carbonyl (C=O) groups is 3. The maximum atomic E-state index is 13.4. The molecule has 0 bridgehead atoms. The van der Waals surface area contributed by atoms with Gasteiger partial charge in [-0.15, -0.1) is 0 Å². The first-order valence-electron chi connectivity index (χ1n) is 9.79. The molecule has 156 valence electrons. The molecule has 29 heavy (non-hydrogen) atoms. The maximum absolute atomic E-state index is 13.4. The topological polar surface area (TPSA) is 127 Å². The molecule has 0 radical (unpaired) electrons. The van der Waals surface area contributed by atoms with Crippen molar-refractivity contribution in [3.63, 3.8) is 0 Å². The Morgan fingerprint density at radius 1 is 1.21 bits per heavy atom. The first-order chi connectivity index (χ1) is 13.8. The molecule has 4 N–H and O–H groups in total. The standard InChI is InChI=1S/C20H23ClN2O6/c21-10-6-7-13(25)12(8-10)16-14-15(20(9-24,22-16)19(28)29)18(27)23(17(14)26)11-4-2-1-3-5-11/h6-8,11,14-16,22,24-25H,1-5,9H2,(H,28,29). The number of aromatic hydroxyl groups is 1. The summed E-state index contributed by atoms with van der Waals surface area (Å²) in [5, 5.41) is 33.3. The summed E-state index contributed by atoms with van der Waals surface area (Å²) in [6.45, 7) is -0.862. The van der Waals surface area contributed by atoms with E-state index in [1.807, 2.05) is 0 Å². The van der Waals surface area contributed by atoms with Crippen molar-refractivity contribution in [2.75, 3.05) is 6.61 Å². The number of aliphatic carboxylic acids is 1. The van der Waals surface area contributed by atoms with Crippen molar-refractivity contribution in [1.29, 1.82) is 0 Å². The smallest absolute Gasteiger partial charge is 0.327 e. The highest BCUT2D eigenvalue weighted by molar-refractivity contribution is 6.30. The third-order valence-electron chi connectivity index (χ3n) is 6.58. The van der Waals surface area contributed by atoms with E-state index < -0.39 is 47.8 Å². The Hall–Kier alpha value is -2.16. The second-order valence-electron chi connectivity index (χ2n) is 8.10. The van der Waals surface area contributed by atoms with E-state index in [0.29, 0.717) is 17.9 Å². The van der Waals surface area contributed by atoms with Crippen molar-refractivity contribution in [3.05, 3.63) is 28.8 Å². The average Bonchev–Trinajstić information content (AvgIpc) is 3.19. The van der Waals surface area contributed by atoms with E-state index in [2.05, 4.69) is 5.32 Å². The molecular weight excluding hydrogens is 400 g/mol. The second-order valence-corrected chi connectivity index (χ2v) is 8.54. The Balaban J connectivity index is 1.82. The third-order valence-corrected chi connectivity index (χ3v) is 6.82. The minimum Gasteiger partial charge on any atom is -0.508 e. The molecule has 0 aromatic heterocycles. The predicted octanol–water partition coefficient (Wildman–Crippen LogP) is 1.44. The number of aliphatic hydroxyl groups is 1. The zero-order valence-corrected chi connectivity index (χ0v) is 16.4. The fourth-order valence-electron chi connectivity index (χ4n) is 5.18. The number of carboxylic acid groups (broad SMARTS) is 1. The van der Waals surface area contributed by atoms with Crippen molar-refractivity contribution in [1.82, 2.24) is 10.2 Å². The molecule has 3 aliphatic rings. The Labute approximate surface area is 172 Å². The molecule has 2 aliphatic heterocycles. The normalized spacial score (nSPS) is 32.6. The molecule has 0 spiro atoms. The number of nitrogens with zero attached hydrogens (tertiary/aromatic N) is 1. The largest absolute Gasteiger partial charge is 0.508 e. The fraction of sp³-hybridized carbons (Fsp3) is 0.550. The number of aliphatic hydroxyl groups excluding tert-OH is 1. The summed E-state index contributed by atoms with van der Waals surface area (Å²) < 4.78 is 0. The number of rotatable bonds is 4. The number of phenols is 1. The fourth-order valence-corrected chi connectivity index (χ4v) is 5.36. The summed E-state index contributed by atoms with van der Waals surface area (Å²) in [6, 6.07) is 3.05. The molecule has 3 fully saturated rings. The molecule has 4 rings (SSSR count). The zero-order chi connectivity index (χ0) is 20.9. The van der Waals surface area contributed by atoms with Gasteiger partial charge in [-0.25, -0.2) is 0 Å². The van der Waals surface area contributed by atoms with Crippen molar-refractivity contribution in [2.24, 2.45) is 11.8 Å². The molecule has 2 amide bonds. The minimum atomic E-state index is -2.01. The number of carbonyl (C=O) groups excluding carboxylic acids is 2. The SMILES string of the molecule is O=C1C2C(c3cc(Cl)ccc3O)NC(CO)(C(=O)O)C2C(=O)N1C1CCCCC1. The molecular formula is C20H23ClN2O6. The molecule has 4 unspecified atom stereocenters. The highest BCUT2D eigenvalue weighted by atomic mass is 35.5. The number of hydrogen-bond donors (Lipinski definition) is 4. The number of benzene rings is 1. The summed E-state index contributed by atoms with van der Waals surface area (Å²) >= 11 is 6.05. The van der Waals surface area contributed by atoms with Gasteiger partial charge in [-0.05, 0) is 31.0 Å². The predicted molar refractivity (Wildman–Crippen MR) is 102 cm³/mol. The van der Waals surface area contributed by atoms with E-state index in [1.54, 1.807) is 0 Å². The number of nitrogens with one attached hydrogen (secondary N) is 1. The highest BCUT2D eigenvalue weighted by Crippen LogP contribution is 2.51. The van der Waals surface area contributed by atoms with Gasteiger partial charge in [0, 0.05) is 22.7 Å². The molecule has 4 atom stereocenters. The van der Waals surface area contributed by atoms with Gasteiger partial charge in [-0.2, -0.15) is 0 Å². The van der Waals surface area contributed by atoms with Crippen LogP contribution < -0.4 is 5.32 Å². The molecule has 9 heteroatoms. The number of likely N-dealkylation sites (tertiary alicyclic amines) is 1. The van der Waals surface area contributed by atoms with Crippen LogP contribution in [-0.2, 0) is 14.4 Å². The van der Waals surface area contributed by atoms with Crippen LogP contribution in [0.5, 0.6) is 5.75 Å². The average molecular weight is 423 g/mol. The van der Waals surface area contributed by atoms with E-state index in [0.717, 1.165) is 19.3 Å². The van der Waals surface area contributed by atoms with Gasteiger partial charge in [0.25, 0.3) is 0 Å². The molecule has 2 heterocycles. The van der Waals surface area contributed by atoms with Crippen LogP contribution in [0.4, 0.5) is 0 Å². The van der Waals surface area contributed by atoms with Gasteiger partial charge in [0.15, 0.2) is 5.54 Å². The van der Waals surface area contributed by atoms with Crippen LogP contribution in [0.25, 0.3) is 0 Å². The molecule has 8 nitrogen and oxygen atoms in total. The van der Waals surface area contributed by atoms with E-state index >= 15 is 0 Å². The molecule has 2 saturated heterocycles. The first kappa shape index (κ1) is 20.1. The van der Waals surface area contributed by atoms with Gasteiger partial charge in [0.2, 0.25) is 11.8 Å². The van der Waals surface area contributed by atoms with Gasteiger partial charge >= 0.3 is 5.97 Å². The number of phenolic OH excluding ortho intramolecular Hbond substituents is 1. The van der Waals surface area contributed by atoms with Crippen LogP contribution in [0.2, 0.25) is 5.02 Å². The molecule has 1 aromatic carbocycles. The Morgan fingerprint density at radius 3 is 2.52 bits per heavy atom. The summed E-state index contributed by atoms with van der Waals surface area (Å²) in [5.74, 6) is -4.91. The number of halogens is 1. The summed E-state index contributed by atoms with van der Waals surface area (Å²) in [5.41, 5.74) is -1.78. The summed E-state index contributed by atoms with van der Waals surface area (Å²) in [7, 11) is 0. The van der Waals surface area contributed by atoms with E-state index in [1.165, 1.54) is 23.1 Å². The first-order valence-corrected chi connectivity index (χ1v) is 10.2. The van der Waals surface area contributed by atoms with E-state index in [-0.39, 0.29) is 17.4 Å². The highest BCUT2D eigenvalue weighted by Gasteiger charge is 2.69. The Bertz CT molecular complexity index is 871. The van der Waals surface area contributed by atoms with Crippen molar-refractivity contribution < 1.29 is 29.7 Å². The van der Waals surface area contributed by atoms with Crippen LogP contribution >= 0.6 is 11.6 Å². The van der Waals surface area contributed by atoms with Crippen LogP contribution in [0.1, 0.15) is 43.7 Å². The monoisotopic (exact) mass is 422 g/mol. The van der Waals surface area contributed by atoms with Crippen LogP contribution in [0.3, 0.4) is 0 Å². The molecule has 1 aromatic rings. The van der Waals surface area contributed by atoms with Crippen molar-refractivity contribution >= 4 is 29.4 Å². The Kier molecular flexibility index (Phi) is 5.04. The lowest BCUT2D eigenvalue weighted by Gasteiger charge is -2.33. The van der Waals surface area contributed by atoms with Gasteiger partial charge < -0.3 is 15.3 Å². The van der Waals surface area contributed by atoms with Crippen LogP contribution in [-0.4, -0.2) is 56.2 Å². The quantitative estimate of drug-likeness (QED) is 0.540. The van der Waals surface area contributed by atoms with Gasteiger partial charge in [-0.3, -0.25) is 24.6 Å². The molecule has 1 aliphatic carbocycles. The van der Waals surface area contributed by atoms with Crippen molar-refractivity contribution in [3.8, 4) is 5.75 Å². The van der Waals surface area contributed by atoms with Crippen LogP contribution in [0.15, 0.2) is 18.2 Å². The van der Waals surface area contributed by atoms with Crippen LogP contribution in [0, 0.1) is 11.8 Å². The van der Waals surface area contributed by atoms with E-state index in [4.69, 9.17) is 11.6 Å². The Morgan fingerprint density at radius 2 is 1.90 bits per heavy atom. The van der Waals surface area contributed by atoms with Crippen molar-refractivity contribution in [2.45, 2.75) is 49.7 Å². The summed E-state index contributed by atoms with van der Waals surface area (Å²) in [4.78, 5) is 40.1. The summed E-state index contributed by atoms with van der Waals surface area (Å²) in [6.07, 6.45) is 4.22. The second kappa shape index (κ2) is 7.27. The number of amides is 2. The lowest BCUT2D eigenvalue weighted by molar-refractivity contribution is -0.154. The van der Waals surface area contributed by atoms with Gasteiger partial charge in [0.1, 0.15) is 5.75 Å². The van der Waals surface area contributed by atoms with Gasteiger partial charge in [-0.1, -0.05) is 30.9 Å². The number of fused-ring (bicyclic) bond motifs is 1. The number of imide groups is 1. The molecule has 1 saturated carbocycles. The number of hydrogen-bond acceptors (Lipinski definition) is 6. The zero-order valence-electron chi connectivity index (χ0n) is 15.7. The third kappa shape index (κ3) is 2.93. The maximum Gasteiger partial charge on any atom is 0.327 e.